The maximum absolute atomic E-state index is 12.3. The van der Waals surface area contributed by atoms with Crippen LogP contribution in [-0.4, -0.2) is 41.8 Å². The quantitative estimate of drug-likeness (QED) is 0.784. The number of carboxylic acid groups (broad SMARTS) is 1. The summed E-state index contributed by atoms with van der Waals surface area (Å²) < 4.78 is 10.5. The Bertz CT molecular complexity index is 680. The second-order valence-corrected chi connectivity index (χ2v) is 5.62. The first-order chi connectivity index (χ1) is 11.0. The van der Waals surface area contributed by atoms with Gasteiger partial charge in [-0.15, -0.1) is 0 Å². The molecule has 0 aliphatic rings. The van der Waals surface area contributed by atoms with Crippen molar-refractivity contribution in [1.29, 1.82) is 0 Å². The summed E-state index contributed by atoms with van der Waals surface area (Å²) >= 11 is 1.44. The van der Waals surface area contributed by atoms with Gasteiger partial charge in [0.1, 0.15) is 5.75 Å². The molecule has 1 heterocycles. The molecular weight excluding hydrogens is 318 g/mol. The lowest BCUT2D eigenvalue weighted by atomic mass is 10.2. The number of thioether (sulfide) groups is 1. The van der Waals surface area contributed by atoms with E-state index in [4.69, 9.17) is 14.3 Å². The molecule has 23 heavy (non-hydrogen) atoms. The number of nitrogens with zero attached hydrogens (tertiary/aromatic N) is 1. The van der Waals surface area contributed by atoms with E-state index < -0.39 is 5.97 Å². The normalized spacial score (nSPS) is 10.3. The number of carbonyl (C=O) groups is 2. The average Bonchev–Trinajstić information content (AvgIpc) is 3.02. The second-order valence-electron chi connectivity index (χ2n) is 4.81. The lowest BCUT2D eigenvalue weighted by Gasteiger charge is -2.16. The van der Waals surface area contributed by atoms with Gasteiger partial charge in [0.15, 0.2) is 17.5 Å². The number of ether oxygens (including phenoxy) is 1. The van der Waals surface area contributed by atoms with Crippen molar-refractivity contribution in [2.24, 2.45) is 0 Å². The number of rotatable bonds is 7. The van der Waals surface area contributed by atoms with E-state index in [0.29, 0.717) is 23.1 Å². The van der Waals surface area contributed by atoms with Gasteiger partial charge in [-0.3, -0.25) is 4.79 Å². The Morgan fingerprint density at radius 2 is 1.91 bits per heavy atom. The van der Waals surface area contributed by atoms with Crippen molar-refractivity contribution in [3.63, 3.8) is 0 Å². The number of hydrogen-bond donors (Lipinski definition) is 1. The van der Waals surface area contributed by atoms with E-state index in [-0.39, 0.29) is 12.5 Å². The molecule has 0 radical (unpaired) electrons. The summed E-state index contributed by atoms with van der Waals surface area (Å²) in [6.07, 6.45) is 1.88. The van der Waals surface area contributed by atoms with E-state index in [9.17, 15) is 9.59 Å². The van der Waals surface area contributed by atoms with Crippen molar-refractivity contribution in [2.75, 3.05) is 19.9 Å². The first-order valence-electron chi connectivity index (χ1n) is 6.82. The molecule has 2 aromatic rings. The first kappa shape index (κ1) is 17.0. The zero-order chi connectivity index (χ0) is 16.8. The molecule has 6 nitrogen and oxygen atoms in total. The highest BCUT2D eigenvalue weighted by molar-refractivity contribution is 7.98. The van der Waals surface area contributed by atoms with Gasteiger partial charge in [0.2, 0.25) is 0 Å². The van der Waals surface area contributed by atoms with Crippen molar-refractivity contribution in [2.45, 2.75) is 11.6 Å². The third-order valence-corrected chi connectivity index (χ3v) is 3.67. The van der Waals surface area contributed by atoms with Gasteiger partial charge in [-0.1, -0.05) is 23.9 Å². The van der Waals surface area contributed by atoms with E-state index in [2.05, 4.69) is 0 Å². The predicted molar refractivity (Wildman–Crippen MR) is 85.9 cm³/mol. The Hall–Kier alpha value is -2.41. The number of benzene rings is 1. The third-order valence-electron chi connectivity index (χ3n) is 3.05. The maximum atomic E-state index is 12.3. The molecule has 122 valence electrons. The second kappa shape index (κ2) is 7.73. The van der Waals surface area contributed by atoms with Crippen LogP contribution in [0.25, 0.3) is 0 Å². The van der Waals surface area contributed by atoms with Crippen molar-refractivity contribution in [3.8, 4) is 5.75 Å². The lowest BCUT2D eigenvalue weighted by Crippen LogP contribution is -2.25. The minimum Gasteiger partial charge on any atom is -0.482 e. The van der Waals surface area contributed by atoms with E-state index in [1.807, 2.05) is 6.26 Å². The molecule has 0 atom stereocenters. The van der Waals surface area contributed by atoms with Gasteiger partial charge < -0.3 is 19.2 Å². The SMILES string of the molecule is CSc1ccc(C(=O)N(C)Cc2ccc(OCC(=O)O)cc2)o1. The van der Waals surface area contributed by atoms with E-state index >= 15 is 0 Å². The number of amides is 1. The molecule has 1 aromatic carbocycles. The third kappa shape index (κ3) is 4.79. The molecule has 1 aromatic heterocycles. The van der Waals surface area contributed by atoms with Crippen LogP contribution in [0.1, 0.15) is 16.1 Å². The van der Waals surface area contributed by atoms with Gasteiger partial charge in [-0.25, -0.2) is 4.79 Å². The smallest absolute Gasteiger partial charge is 0.341 e. The number of hydrogen-bond acceptors (Lipinski definition) is 5. The standard InChI is InChI=1S/C16H17NO5S/c1-17(16(20)13-7-8-15(22-13)23-2)9-11-3-5-12(6-4-11)21-10-14(18)19/h3-8H,9-10H2,1-2H3,(H,18,19). The highest BCUT2D eigenvalue weighted by atomic mass is 32.2. The molecule has 0 aliphatic carbocycles. The van der Waals surface area contributed by atoms with E-state index in [1.165, 1.54) is 11.8 Å². The van der Waals surface area contributed by atoms with Crippen LogP contribution in [0.3, 0.4) is 0 Å². The highest BCUT2D eigenvalue weighted by Crippen LogP contribution is 2.20. The Balaban J connectivity index is 1.95. The van der Waals surface area contributed by atoms with Crippen LogP contribution < -0.4 is 4.74 Å². The van der Waals surface area contributed by atoms with Crippen LogP contribution in [0.5, 0.6) is 5.75 Å². The Kier molecular flexibility index (Phi) is 5.70. The molecule has 1 amide bonds. The molecular formula is C16H17NO5S. The molecule has 0 bridgehead atoms. The summed E-state index contributed by atoms with van der Waals surface area (Å²) in [4.78, 5) is 24.2. The van der Waals surface area contributed by atoms with Crippen LogP contribution in [-0.2, 0) is 11.3 Å². The molecule has 1 N–H and O–H groups in total. The van der Waals surface area contributed by atoms with Gasteiger partial charge in [0.05, 0.1) is 0 Å². The average molecular weight is 335 g/mol. The first-order valence-corrected chi connectivity index (χ1v) is 8.05. The largest absolute Gasteiger partial charge is 0.482 e. The summed E-state index contributed by atoms with van der Waals surface area (Å²) in [5.74, 6) is -0.446. The van der Waals surface area contributed by atoms with Crippen molar-refractivity contribution < 1.29 is 23.8 Å². The van der Waals surface area contributed by atoms with Crippen molar-refractivity contribution in [1.82, 2.24) is 4.90 Å². The van der Waals surface area contributed by atoms with Crippen LogP contribution in [0.2, 0.25) is 0 Å². The van der Waals surface area contributed by atoms with Crippen LogP contribution in [0.4, 0.5) is 0 Å². The summed E-state index contributed by atoms with van der Waals surface area (Å²) in [5.41, 5.74) is 0.903. The van der Waals surface area contributed by atoms with Crippen LogP contribution in [0, 0.1) is 0 Å². The van der Waals surface area contributed by atoms with E-state index in [0.717, 1.165) is 5.56 Å². The fourth-order valence-corrected chi connectivity index (χ4v) is 2.29. The zero-order valence-electron chi connectivity index (χ0n) is 12.8. The minimum absolute atomic E-state index is 0.198. The van der Waals surface area contributed by atoms with Gasteiger partial charge in [-0.05, 0) is 36.1 Å². The van der Waals surface area contributed by atoms with Crippen molar-refractivity contribution in [3.05, 3.63) is 47.7 Å². The summed E-state index contributed by atoms with van der Waals surface area (Å²) in [6, 6.07) is 10.4. The fraction of sp³-hybridized carbons (Fsp3) is 0.250. The lowest BCUT2D eigenvalue weighted by molar-refractivity contribution is -0.139. The summed E-state index contributed by atoms with van der Waals surface area (Å²) in [7, 11) is 1.69. The molecule has 7 heteroatoms. The molecule has 0 saturated heterocycles. The van der Waals surface area contributed by atoms with Crippen molar-refractivity contribution >= 4 is 23.6 Å². The predicted octanol–water partition coefficient (Wildman–Crippen LogP) is 2.74. The van der Waals surface area contributed by atoms with Crippen LogP contribution >= 0.6 is 11.8 Å². The zero-order valence-corrected chi connectivity index (χ0v) is 13.6. The Labute approximate surface area is 138 Å². The number of aliphatic carboxylic acids is 1. The molecule has 2 rings (SSSR count). The molecule has 0 aliphatic heterocycles. The van der Waals surface area contributed by atoms with Gasteiger partial charge in [0.25, 0.3) is 5.91 Å². The number of carbonyl (C=O) groups excluding carboxylic acids is 1. The topological polar surface area (TPSA) is 80.0 Å². The monoisotopic (exact) mass is 335 g/mol. The molecule has 0 spiro atoms. The maximum Gasteiger partial charge on any atom is 0.341 e. The van der Waals surface area contributed by atoms with Gasteiger partial charge in [-0.2, -0.15) is 0 Å². The fourth-order valence-electron chi connectivity index (χ4n) is 1.91. The van der Waals surface area contributed by atoms with Gasteiger partial charge in [0, 0.05) is 13.6 Å². The van der Waals surface area contributed by atoms with E-state index in [1.54, 1.807) is 48.3 Å². The summed E-state index contributed by atoms with van der Waals surface area (Å²) in [5, 5.41) is 9.25. The Morgan fingerprint density at radius 1 is 1.22 bits per heavy atom. The minimum atomic E-state index is -1.03. The summed E-state index contributed by atoms with van der Waals surface area (Å²) in [6.45, 7) is 0.0291. The Morgan fingerprint density at radius 3 is 2.48 bits per heavy atom. The highest BCUT2D eigenvalue weighted by Gasteiger charge is 2.16. The van der Waals surface area contributed by atoms with Gasteiger partial charge >= 0.3 is 5.97 Å². The molecule has 0 unspecified atom stereocenters. The molecule has 0 fully saturated rings. The van der Waals surface area contributed by atoms with Crippen LogP contribution in [0.15, 0.2) is 45.9 Å². The number of carboxylic acids is 1. The number of furan rings is 1. The molecule has 0 saturated carbocycles.